The van der Waals surface area contributed by atoms with E-state index < -0.39 is 0 Å². The Morgan fingerprint density at radius 3 is 2.78 bits per heavy atom. The molecule has 0 bridgehead atoms. The molecule has 54 valence electrons. The number of carbonyl (C=O) groups excluding carboxylic acids is 1. The fraction of sp³-hybridized carbons (Fsp3) is 0.714. The van der Waals surface area contributed by atoms with E-state index in [0.29, 0.717) is 12.5 Å². The van der Waals surface area contributed by atoms with E-state index in [9.17, 15) is 4.79 Å². The van der Waals surface area contributed by atoms with Gasteiger partial charge in [0.1, 0.15) is 0 Å². The molecule has 0 saturated carbocycles. The highest BCUT2D eigenvalue weighted by molar-refractivity contribution is 5.45. The normalized spacial score (nSPS) is 9.67. The standard InChI is InChI=1S/C7H14NO/c1-7(2)4-3-5-8-6-9/h3,6-7H,4-5H2,1-2H3,(H,8,9)/q-1. The van der Waals surface area contributed by atoms with Crippen molar-refractivity contribution in [3.63, 3.8) is 0 Å². The molecular weight excluding hydrogens is 114 g/mol. The molecule has 2 nitrogen and oxygen atoms in total. The Morgan fingerprint density at radius 2 is 2.33 bits per heavy atom. The Bertz CT molecular complexity index is 71.3. The molecule has 0 aromatic heterocycles. The summed E-state index contributed by atoms with van der Waals surface area (Å²) in [4.78, 5) is 9.72. The van der Waals surface area contributed by atoms with E-state index in [1.54, 1.807) is 0 Å². The van der Waals surface area contributed by atoms with Gasteiger partial charge in [0.2, 0.25) is 6.41 Å². The minimum Gasteiger partial charge on any atom is -0.389 e. The summed E-state index contributed by atoms with van der Waals surface area (Å²) < 4.78 is 0. The summed E-state index contributed by atoms with van der Waals surface area (Å²) in [6.07, 6.45) is 3.86. The van der Waals surface area contributed by atoms with Crippen molar-refractivity contribution in [1.29, 1.82) is 0 Å². The third kappa shape index (κ3) is 7.47. The molecule has 9 heavy (non-hydrogen) atoms. The summed E-state index contributed by atoms with van der Waals surface area (Å²) in [5.74, 6) is 0.693. The fourth-order valence-corrected chi connectivity index (χ4v) is 0.548. The van der Waals surface area contributed by atoms with Gasteiger partial charge in [0.25, 0.3) is 0 Å². The maximum Gasteiger partial charge on any atom is 0.204 e. The van der Waals surface area contributed by atoms with E-state index in [1.165, 1.54) is 0 Å². The monoisotopic (exact) mass is 128 g/mol. The summed E-state index contributed by atoms with van der Waals surface area (Å²) in [5.41, 5.74) is 0. The molecule has 1 amide bonds. The number of rotatable bonds is 5. The number of amides is 1. The van der Waals surface area contributed by atoms with Crippen LogP contribution in [0.2, 0.25) is 0 Å². The van der Waals surface area contributed by atoms with Crippen molar-refractivity contribution in [1.82, 2.24) is 5.32 Å². The van der Waals surface area contributed by atoms with E-state index in [-0.39, 0.29) is 0 Å². The lowest BCUT2D eigenvalue weighted by Gasteiger charge is -2.12. The average molecular weight is 128 g/mol. The molecule has 1 N–H and O–H groups in total. The van der Waals surface area contributed by atoms with Crippen LogP contribution < -0.4 is 5.32 Å². The molecule has 0 aromatic rings. The summed E-state index contributed by atoms with van der Waals surface area (Å²) >= 11 is 0. The largest absolute Gasteiger partial charge is 0.389 e. The lowest BCUT2D eigenvalue weighted by atomic mass is 10.1. The zero-order chi connectivity index (χ0) is 7.11. The molecule has 0 aromatic carbocycles. The van der Waals surface area contributed by atoms with Gasteiger partial charge in [-0.25, -0.2) is 0 Å². The first-order valence-electron chi connectivity index (χ1n) is 3.26. The highest BCUT2D eigenvalue weighted by Crippen LogP contribution is 2.00. The molecule has 0 atom stereocenters. The van der Waals surface area contributed by atoms with Crippen molar-refractivity contribution < 1.29 is 4.79 Å². The highest BCUT2D eigenvalue weighted by Gasteiger charge is 1.81. The number of hydrogen-bond donors (Lipinski definition) is 1. The highest BCUT2D eigenvalue weighted by atomic mass is 16.1. The third-order valence-corrected chi connectivity index (χ3v) is 0.984. The van der Waals surface area contributed by atoms with Gasteiger partial charge in [-0.3, -0.25) is 4.79 Å². The molecule has 0 aliphatic carbocycles. The van der Waals surface area contributed by atoms with Crippen molar-refractivity contribution >= 4 is 6.41 Å². The van der Waals surface area contributed by atoms with Crippen LogP contribution in [0.5, 0.6) is 0 Å². The second-order valence-corrected chi connectivity index (χ2v) is 2.44. The van der Waals surface area contributed by atoms with Gasteiger partial charge in [0, 0.05) is 0 Å². The molecule has 0 aliphatic rings. The van der Waals surface area contributed by atoms with Crippen LogP contribution in [0.4, 0.5) is 0 Å². The second-order valence-electron chi connectivity index (χ2n) is 2.44. The zero-order valence-corrected chi connectivity index (χ0v) is 6.05. The van der Waals surface area contributed by atoms with Crippen LogP contribution in [-0.4, -0.2) is 13.0 Å². The molecule has 0 aliphatic heterocycles. The van der Waals surface area contributed by atoms with Crippen LogP contribution in [0.25, 0.3) is 0 Å². The van der Waals surface area contributed by atoms with Crippen LogP contribution in [0.15, 0.2) is 0 Å². The number of carbonyl (C=O) groups is 1. The van der Waals surface area contributed by atoms with Crippen molar-refractivity contribution in [3.05, 3.63) is 6.42 Å². The molecule has 0 saturated heterocycles. The van der Waals surface area contributed by atoms with E-state index in [4.69, 9.17) is 0 Å². The lowest BCUT2D eigenvalue weighted by molar-refractivity contribution is -0.109. The topological polar surface area (TPSA) is 29.1 Å². The first-order chi connectivity index (χ1) is 4.27. The lowest BCUT2D eigenvalue weighted by Crippen LogP contribution is -2.13. The van der Waals surface area contributed by atoms with E-state index >= 15 is 0 Å². The molecule has 0 spiro atoms. The van der Waals surface area contributed by atoms with Crippen molar-refractivity contribution in [2.75, 3.05) is 6.54 Å². The van der Waals surface area contributed by atoms with Crippen molar-refractivity contribution in [2.24, 2.45) is 5.92 Å². The Kier molecular flexibility index (Phi) is 5.27. The zero-order valence-electron chi connectivity index (χ0n) is 6.05. The van der Waals surface area contributed by atoms with Gasteiger partial charge in [0.15, 0.2) is 0 Å². The fourth-order valence-electron chi connectivity index (χ4n) is 0.548. The van der Waals surface area contributed by atoms with Gasteiger partial charge < -0.3 is 11.7 Å². The SMILES string of the molecule is CC(C)C[CH-]CNC=O. The minimum absolute atomic E-state index is 0.693. The molecule has 0 heterocycles. The van der Waals surface area contributed by atoms with Crippen LogP contribution in [0.3, 0.4) is 0 Å². The average Bonchev–Trinajstić information content (AvgIpc) is 1.80. The summed E-state index contributed by atoms with van der Waals surface area (Å²) in [7, 11) is 0. The number of hydrogen-bond acceptors (Lipinski definition) is 1. The van der Waals surface area contributed by atoms with Crippen molar-refractivity contribution in [3.8, 4) is 0 Å². The summed E-state index contributed by atoms with van der Waals surface area (Å²) in [6.45, 7) is 5.00. The van der Waals surface area contributed by atoms with Crippen LogP contribution >= 0.6 is 0 Å². The molecule has 0 radical (unpaired) electrons. The van der Waals surface area contributed by atoms with Gasteiger partial charge in [-0.1, -0.05) is 19.8 Å². The first-order valence-corrected chi connectivity index (χ1v) is 3.26. The molecule has 0 unspecified atom stereocenters. The van der Waals surface area contributed by atoms with Gasteiger partial charge in [-0.05, 0) is 0 Å². The van der Waals surface area contributed by atoms with E-state index in [0.717, 1.165) is 12.8 Å². The smallest absolute Gasteiger partial charge is 0.204 e. The van der Waals surface area contributed by atoms with Gasteiger partial charge in [0.05, 0.1) is 0 Å². The molecule has 0 fully saturated rings. The maximum absolute atomic E-state index is 9.72. The molecule has 2 heteroatoms. The van der Waals surface area contributed by atoms with Gasteiger partial charge in [-0.15, -0.1) is 6.54 Å². The van der Waals surface area contributed by atoms with Crippen molar-refractivity contribution in [2.45, 2.75) is 20.3 Å². The number of nitrogens with one attached hydrogen (secondary N) is 1. The Balaban J connectivity index is 2.82. The summed E-state index contributed by atoms with van der Waals surface area (Å²) in [5, 5.41) is 2.57. The van der Waals surface area contributed by atoms with Crippen LogP contribution in [0.1, 0.15) is 20.3 Å². The first kappa shape index (κ1) is 8.47. The van der Waals surface area contributed by atoms with E-state index in [1.807, 2.05) is 0 Å². The molecule has 0 rings (SSSR count). The Morgan fingerprint density at radius 1 is 1.67 bits per heavy atom. The minimum atomic E-state index is 0.693. The Labute approximate surface area is 56.6 Å². The van der Waals surface area contributed by atoms with Crippen LogP contribution in [-0.2, 0) is 4.79 Å². The molecular formula is C7H14NO-. The quantitative estimate of drug-likeness (QED) is 0.334. The third-order valence-electron chi connectivity index (χ3n) is 0.984. The maximum atomic E-state index is 9.72. The van der Waals surface area contributed by atoms with Gasteiger partial charge >= 0.3 is 0 Å². The predicted octanol–water partition coefficient (Wildman–Crippen LogP) is 0.983. The van der Waals surface area contributed by atoms with E-state index in [2.05, 4.69) is 25.6 Å². The second kappa shape index (κ2) is 5.60. The summed E-state index contributed by atoms with van der Waals surface area (Å²) in [6, 6.07) is 0. The Hall–Kier alpha value is -0.530. The van der Waals surface area contributed by atoms with Gasteiger partial charge in [-0.2, -0.15) is 6.42 Å². The predicted molar refractivity (Wildman–Crippen MR) is 37.8 cm³/mol. The van der Waals surface area contributed by atoms with Crippen LogP contribution in [0, 0.1) is 12.3 Å².